The number of nitrogens with one attached hydrogen (secondary N) is 1. The summed E-state index contributed by atoms with van der Waals surface area (Å²) in [6.45, 7) is 1.59. The molecular formula is C30H40FN5O5. The molecule has 222 valence electrons. The number of ether oxygens (including phenoxy) is 2. The number of amides is 1. The van der Waals surface area contributed by atoms with Gasteiger partial charge in [0.25, 0.3) is 0 Å². The van der Waals surface area contributed by atoms with E-state index in [4.69, 9.17) is 15.9 Å². The van der Waals surface area contributed by atoms with Crippen LogP contribution in [0.1, 0.15) is 103 Å². The molecule has 2 N–H and O–H groups in total. The summed E-state index contributed by atoms with van der Waals surface area (Å²) in [6, 6.07) is 0. The lowest BCUT2D eigenvalue weighted by Crippen LogP contribution is -2.48. The summed E-state index contributed by atoms with van der Waals surface area (Å²) in [4.78, 5) is 38.0. The van der Waals surface area contributed by atoms with Gasteiger partial charge in [0.2, 0.25) is 5.91 Å². The molecule has 2 aromatic heterocycles. The highest BCUT2D eigenvalue weighted by Crippen LogP contribution is 2.52. The molecule has 6 rings (SSSR count). The number of unbranched alkanes of at least 4 members (excludes halogenated alkanes) is 5. The van der Waals surface area contributed by atoms with E-state index in [-0.39, 0.29) is 35.3 Å². The number of aromatic nitrogens is 4. The van der Waals surface area contributed by atoms with Gasteiger partial charge in [0.15, 0.2) is 22.6 Å². The first-order valence-corrected chi connectivity index (χ1v) is 15.0. The number of aliphatic hydroxyl groups is 1. The Hall–Kier alpha value is -3.10. The molecule has 3 saturated carbocycles. The molecule has 0 aromatic carbocycles. The number of fused-ring (bicyclic) bond motifs is 4. The van der Waals surface area contributed by atoms with Crippen molar-refractivity contribution in [2.75, 3.05) is 11.9 Å². The zero-order valence-corrected chi connectivity index (χ0v) is 23.7. The first-order valence-electron chi connectivity index (χ1n) is 15.0. The summed E-state index contributed by atoms with van der Waals surface area (Å²) in [6.07, 6.45) is 16.5. The number of carbonyl (C=O) groups excluding carboxylic acids is 2. The number of carbonyl (C=O) groups is 2. The van der Waals surface area contributed by atoms with Crippen LogP contribution in [-0.2, 0) is 19.1 Å². The predicted octanol–water partition coefficient (Wildman–Crippen LogP) is 4.82. The summed E-state index contributed by atoms with van der Waals surface area (Å²) in [7, 11) is 0. The molecule has 10 nitrogen and oxygen atoms in total. The number of aliphatic hydroxyl groups excluding tert-OH is 1. The zero-order chi connectivity index (χ0) is 29.0. The van der Waals surface area contributed by atoms with E-state index >= 15 is 0 Å². The molecule has 4 aliphatic rings. The van der Waals surface area contributed by atoms with E-state index in [2.05, 4.69) is 33.1 Å². The maximum atomic E-state index is 14.5. The summed E-state index contributed by atoms with van der Waals surface area (Å²) in [5.74, 6) is 2.59. The lowest BCUT2D eigenvalue weighted by Gasteiger charge is -2.45. The molecule has 41 heavy (non-hydrogen) atoms. The molecule has 4 fully saturated rings. The maximum Gasteiger partial charge on any atom is 0.312 e. The number of terminal acetylenes is 1. The number of hydrogen-bond acceptors (Lipinski definition) is 8. The third kappa shape index (κ3) is 5.95. The van der Waals surface area contributed by atoms with Gasteiger partial charge in [-0.1, -0.05) is 44.9 Å². The Bertz CT molecular complexity index is 1290. The topological polar surface area (TPSA) is 128 Å². The Kier molecular flexibility index (Phi) is 8.90. The Balaban J connectivity index is 1.30. The number of rotatable bonds is 12. The molecule has 2 bridgehead atoms. The number of hydrogen-bond donors (Lipinski definition) is 2. The van der Waals surface area contributed by atoms with Crippen molar-refractivity contribution >= 4 is 28.9 Å². The van der Waals surface area contributed by atoms with Crippen LogP contribution in [0, 0.1) is 29.8 Å². The average molecular weight is 570 g/mol. The minimum absolute atomic E-state index is 0.0272. The fourth-order valence-corrected chi connectivity index (χ4v) is 6.62. The number of imidazole rings is 1. The second-order valence-electron chi connectivity index (χ2n) is 11.9. The van der Waals surface area contributed by atoms with Crippen molar-refractivity contribution in [3.63, 3.8) is 0 Å². The molecule has 0 unspecified atom stereocenters. The van der Waals surface area contributed by atoms with Crippen molar-refractivity contribution in [2.24, 2.45) is 11.3 Å². The van der Waals surface area contributed by atoms with Crippen LogP contribution >= 0.6 is 0 Å². The van der Waals surface area contributed by atoms with Crippen LogP contribution < -0.4 is 5.32 Å². The van der Waals surface area contributed by atoms with Gasteiger partial charge in [-0.25, -0.2) is 4.98 Å². The van der Waals surface area contributed by atoms with Gasteiger partial charge in [-0.3, -0.25) is 14.2 Å². The fourth-order valence-electron chi connectivity index (χ4n) is 6.62. The van der Waals surface area contributed by atoms with Crippen LogP contribution in [0.3, 0.4) is 0 Å². The minimum Gasteiger partial charge on any atom is -0.457 e. The first kappa shape index (κ1) is 29.4. The van der Waals surface area contributed by atoms with E-state index in [9.17, 15) is 19.1 Å². The monoisotopic (exact) mass is 569 g/mol. The lowest BCUT2D eigenvalue weighted by molar-refractivity contribution is -0.176. The molecule has 0 spiro atoms. The zero-order valence-electron chi connectivity index (χ0n) is 23.7. The first-order chi connectivity index (χ1) is 19.8. The molecule has 3 heterocycles. The van der Waals surface area contributed by atoms with Gasteiger partial charge >= 0.3 is 12.0 Å². The third-order valence-corrected chi connectivity index (χ3v) is 9.26. The van der Waals surface area contributed by atoms with Gasteiger partial charge in [-0.05, 0) is 50.9 Å². The number of nitrogens with zero attached hydrogens (tertiary/aromatic N) is 4. The molecule has 0 radical (unpaired) electrons. The highest BCUT2D eigenvalue weighted by atomic mass is 19.1. The fraction of sp³-hybridized carbons (Fsp3) is 0.700. The molecule has 1 saturated heterocycles. The molecule has 1 amide bonds. The van der Waals surface area contributed by atoms with Gasteiger partial charge in [0.05, 0.1) is 18.3 Å². The van der Waals surface area contributed by atoms with Crippen LogP contribution in [-0.4, -0.2) is 54.8 Å². The Labute approximate surface area is 239 Å². The van der Waals surface area contributed by atoms with Crippen LogP contribution in [0.2, 0.25) is 0 Å². The summed E-state index contributed by atoms with van der Waals surface area (Å²) in [5.41, 5.74) is -1.79. The molecule has 11 heteroatoms. The molecular weight excluding hydrogens is 529 g/mol. The van der Waals surface area contributed by atoms with Crippen LogP contribution in [0.4, 0.5) is 10.2 Å². The van der Waals surface area contributed by atoms with Crippen molar-refractivity contribution in [1.82, 2.24) is 19.5 Å². The van der Waals surface area contributed by atoms with Gasteiger partial charge in [-0.2, -0.15) is 14.4 Å². The number of anilines is 1. The molecule has 2 aromatic rings. The highest BCUT2D eigenvalue weighted by molar-refractivity contribution is 5.96. The largest absolute Gasteiger partial charge is 0.457 e. The standard InChI is InChI=1S/C30H40FN5O5/c1-3-5-6-7-8-9-10-22(38)33-25-24-26(35-28(31)34-25)36(19-32-24)23-17-21(30(4-2,18-37)41-23)40-27(39)29-14-11-20(12-15-29)13-16-29/h2,19-21,23,37H,3,5-18H2,1H3,(H,33,34,35,38)/t20?,21-,23+,29?,30+/m0/s1. The van der Waals surface area contributed by atoms with Crippen molar-refractivity contribution < 1.29 is 28.6 Å². The number of halogens is 1. The molecule has 1 aliphatic heterocycles. The normalized spacial score (nSPS) is 29.0. The smallest absolute Gasteiger partial charge is 0.312 e. The highest BCUT2D eigenvalue weighted by Gasteiger charge is 2.54. The quantitative estimate of drug-likeness (QED) is 0.161. The maximum absolute atomic E-state index is 14.5. The van der Waals surface area contributed by atoms with Crippen molar-refractivity contribution in [1.29, 1.82) is 0 Å². The van der Waals surface area contributed by atoms with E-state index in [0.29, 0.717) is 12.3 Å². The van der Waals surface area contributed by atoms with E-state index in [0.717, 1.165) is 70.6 Å². The Morgan fingerprint density at radius 1 is 1.20 bits per heavy atom. The second-order valence-corrected chi connectivity index (χ2v) is 11.9. The van der Waals surface area contributed by atoms with Crippen molar-refractivity contribution in [3.05, 3.63) is 12.4 Å². The van der Waals surface area contributed by atoms with Crippen LogP contribution in [0.15, 0.2) is 6.33 Å². The van der Waals surface area contributed by atoms with Gasteiger partial charge in [0.1, 0.15) is 12.3 Å². The van der Waals surface area contributed by atoms with Crippen molar-refractivity contribution in [3.8, 4) is 12.3 Å². The van der Waals surface area contributed by atoms with Gasteiger partial charge < -0.3 is 19.9 Å². The average Bonchev–Trinajstić information content (AvgIpc) is 3.57. The lowest BCUT2D eigenvalue weighted by atomic mass is 9.61. The predicted molar refractivity (Wildman–Crippen MR) is 149 cm³/mol. The van der Waals surface area contributed by atoms with E-state index in [1.54, 1.807) is 0 Å². The second kappa shape index (κ2) is 12.4. The summed E-state index contributed by atoms with van der Waals surface area (Å²) >= 11 is 0. The SMILES string of the molecule is C#C[C@]1(CO)O[C@@H](n2cnc3c(NC(=O)CCCCCCCC)nc(F)nc32)C[C@@H]1OC(=O)C12CCC(CC1)CC2. The van der Waals surface area contributed by atoms with Gasteiger partial charge in [-0.15, -0.1) is 6.42 Å². The van der Waals surface area contributed by atoms with E-state index in [1.165, 1.54) is 17.3 Å². The van der Waals surface area contributed by atoms with Gasteiger partial charge in [0, 0.05) is 12.8 Å². The number of esters is 1. The van der Waals surface area contributed by atoms with Crippen molar-refractivity contribution in [2.45, 2.75) is 115 Å². The Morgan fingerprint density at radius 2 is 1.90 bits per heavy atom. The van der Waals surface area contributed by atoms with E-state index in [1.807, 2.05) is 0 Å². The summed E-state index contributed by atoms with van der Waals surface area (Å²) in [5, 5.41) is 12.9. The Morgan fingerprint density at radius 3 is 2.59 bits per heavy atom. The molecule has 3 aliphatic carbocycles. The summed E-state index contributed by atoms with van der Waals surface area (Å²) < 4.78 is 28.2. The third-order valence-electron chi connectivity index (χ3n) is 9.26. The van der Waals surface area contributed by atoms with Crippen LogP contribution in [0.5, 0.6) is 0 Å². The minimum atomic E-state index is -1.57. The van der Waals surface area contributed by atoms with E-state index < -0.39 is 36.0 Å². The van der Waals surface area contributed by atoms with Crippen LogP contribution in [0.25, 0.3) is 11.2 Å². The molecule has 3 atom stereocenters.